The van der Waals surface area contributed by atoms with Crippen molar-refractivity contribution in [3.8, 4) is 17.2 Å². The molecular formula is C54H68F5N7O7. The number of aromatic carboxylic acids is 1. The van der Waals surface area contributed by atoms with Crippen molar-refractivity contribution in [2.24, 2.45) is 0 Å². The maximum atomic E-state index is 12.9. The molecule has 0 amide bonds. The standard InChI is InChI=1S/C26H30F3N3O4.C17H23F2N3O.C10H11NO.CH4O/c1-16-12-22(35-2)20(18-6-8-30-24(16)18)14-32-11-10-31(9-7-26(27,28)29)15-21(32)17-4-5-19(25(33)34)23(13-17)36-3;1-12-9-15(23-2)14(13-3-4-20-17(12)13)10-21-5-7-22(8-6-21)11-16(18)19;12-7-9-4-1-3-8-5-2-6-11-10(8)9;1-2/h4-6,8,12-13,21,30H,7,9-11,14-15H2,1-3H3,(H,33,34);3-4,9,16,20H,5-8,10-11H2,1-2H3;1,3-4,7,11H,2,5-6H2;2H,1H3. The lowest BCUT2D eigenvalue weighted by Gasteiger charge is -2.42. The van der Waals surface area contributed by atoms with Gasteiger partial charge >= 0.3 is 12.1 Å². The number of aliphatic hydroxyl groups excluding tert-OH is 1. The lowest BCUT2D eigenvalue weighted by Crippen LogP contribution is -2.48. The van der Waals surface area contributed by atoms with Crippen LogP contribution in [0.3, 0.4) is 0 Å². The minimum Gasteiger partial charge on any atom is -0.496 e. The molecule has 14 nitrogen and oxygen atoms in total. The molecule has 19 heteroatoms. The van der Waals surface area contributed by atoms with Gasteiger partial charge in [0.15, 0.2) is 6.29 Å². The molecule has 0 radical (unpaired) electrons. The molecule has 0 bridgehead atoms. The van der Waals surface area contributed by atoms with Gasteiger partial charge in [-0.3, -0.25) is 24.4 Å². The summed E-state index contributed by atoms with van der Waals surface area (Å²) in [6.45, 7) is 10.5. The van der Waals surface area contributed by atoms with Crippen molar-refractivity contribution >= 4 is 39.7 Å². The van der Waals surface area contributed by atoms with Gasteiger partial charge in [0, 0.05) is 142 Å². The zero-order valence-corrected chi connectivity index (χ0v) is 42.4. The van der Waals surface area contributed by atoms with Gasteiger partial charge in [-0.15, -0.1) is 0 Å². The van der Waals surface area contributed by atoms with Crippen LogP contribution in [0.25, 0.3) is 21.8 Å². The number of fused-ring (bicyclic) bond motifs is 3. The van der Waals surface area contributed by atoms with Gasteiger partial charge in [-0.1, -0.05) is 18.2 Å². The summed E-state index contributed by atoms with van der Waals surface area (Å²) in [6, 6.07) is 18.6. The Morgan fingerprint density at radius 2 is 1.37 bits per heavy atom. The lowest BCUT2D eigenvalue weighted by molar-refractivity contribution is -0.139. The van der Waals surface area contributed by atoms with Gasteiger partial charge in [0.25, 0.3) is 6.43 Å². The highest BCUT2D eigenvalue weighted by Crippen LogP contribution is 2.37. The number of H-pyrrole nitrogens is 2. The number of aryl methyl sites for hydroxylation is 3. The van der Waals surface area contributed by atoms with Crippen LogP contribution in [0, 0.1) is 13.8 Å². The molecular weight excluding hydrogens is 954 g/mol. The number of carbonyl (C=O) groups is 2. The van der Waals surface area contributed by atoms with E-state index in [1.165, 1.54) is 24.1 Å². The summed E-state index contributed by atoms with van der Waals surface area (Å²) in [5, 5.41) is 21.9. The predicted molar refractivity (Wildman–Crippen MR) is 274 cm³/mol. The summed E-state index contributed by atoms with van der Waals surface area (Å²) in [6.07, 6.45) is -0.371. The van der Waals surface area contributed by atoms with E-state index in [9.17, 15) is 36.6 Å². The number of rotatable bonds is 14. The highest BCUT2D eigenvalue weighted by molar-refractivity contribution is 5.91. The minimum absolute atomic E-state index is 0.0340. The third-order valence-electron chi connectivity index (χ3n) is 13.6. The highest BCUT2D eigenvalue weighted by Gasteiger charge is 2.34. The Hall–Kier alpha value is -6.25. The van der Waals surface area contributed by atoms with Crippen LogP contribution in [0.1, 0.15) is 73.0 Å². The summed E-state index contributed by atoms with van der Waals surface area (Å²) < 4.78 is 80.3. The summed E-state index contributed by atoms with van der Waals surface area (Å²) in [5.74, 6) is 0.750. The maximum Gasteiger partial charge on any atom is 0.390 e. The Morgan fingerprint density at radius 1 is 0.781 bits per heavy atom. The number of ether oxygens (including phenoxy) is 3. The van der Waals surface area contributed by atoms with Crippen LogP contribution < -0.4 is 19.5 Å². The van der Waals surface area contributed by atoms with Crippen LogP contribution in [0.15, 0.2) is 73.1 Å². The molecule has 2 fully saturated rings. The van der Waals surface area contributed by atoms with Crippen LogP contribution in [-0.4, -0.2) is 159 Å². The summed E-state index contributed by atoms with van der Waals surface area (Å²) in [5.41, 5.74) is 10.4. The molecule has 1 atom stereocenters. The summed E-state index contributed by atoms with van der Waals surface area (Å²) in [4.78, 5) is 36.9. The Morgan fingerprint density at radius 3 is 1.93 bits per heavy atom. The largest absolute Gasteiger partial charge is 0.496 e. The minimum atomic E-state index is -4.23. The van der Waals surface area contributed by atoms with Crippen molar-refractivity contribution in [2.45, 2.75) is 64.8 Å². The fourth-order valence-corrected chi connectivity index (χ4v) is 9.91. The Labute approximate surface area is 423 Å². The fourth-order valence-electron chi connectivity index (χ4n) is 9.91. The first kappa shape index (κ1) is 56.1. The second-order valence-electron chi connectivity index (χ2n) is 18.2. The SMILES string of the molecule is CO.COc1cc(C)c2[nH]ccc2c1CN1CCN(CC(F)F)CC1.COc1cc(C2CN(CCC(F)(F)F)CCN2Cc2c(OC)cc(C)c3[nH]ccc23)ccc1C(=O)O.O=Cc1cccc2c1NCCC2. The monoisotopic (exact) mass is 1020 g/mol. The molecule has 4 aromatic carbocycles. The molecule has 0 spiro atoms. The first-order chi connectivity index (χ1) is 35.1. The van der Waals surface area contributed by atoms with Gasteiger partial charge in [-0.25, -0.2) is 13.6 Å². The number of anilines is 1. The quantitative estimate of drug-likeness (QED) is 0.0521. The van der Waals surface area contributed by atoms with Gasteiger partial charge < -0.3 is 39.7 Å². The zero-order valence-electron chi connectivity index (χ0n) is 42.4. The number of aromatic amines is 2. The van der Waals surface area contributed by atoms with Crippen LogP contribution in [0.5, 0.6) is 17.2 Å². The Balaban J connectivity index is 0.000000198. The number of hydrogen-bond acceptors (Lipinski definition) is 11. The highest BCUT2D eigenvalue weighted by atomic mass is 19.4. The fraction of sp³-hybridized carbons (Fsp3) is 0.444. The number of piperazine rings is 2. The molecule has 1 unspecified atom stereocenters. The molecule has 6 aromatic rings. The topological polar surface area (TPSA) is 159 Å². The number of carboxylic acid groups (broad SMARTS) is 1. The third-order valence-corrected chi connectivity index (χ3v) is 13.6. The average molecular weight is 1020 g/mol. The van der Waals surface area contributed by atoms with Crippen molar-refractivity contribution < 1.29 is 56.0 Å². The number of carbonyl (C=O) groups excluding carboxylic acids is 1. The number of nitrogens with zero attached hydrogens (tertiary/aromatic N) is 4. The average Bonchev–Trinajstić information content (AvgIpc) is 4.11. The molecule has 73 heavy (non-hydrogen) atoms. The number of aldehydes is 1. The number of nitrogens with one attached hydrogen (secondary N) is 3. The van der Waals surface area contributed by atoms with E-state index in [1.807, 2.05) is 53.4 Å². The van der Waals surface area contributed by atoms with Crippen molar-refractivity contribution in [3.05, 3.63) is 118 Å². The number of hydrogen-bond donors (Lipinski definition) is 5. The lowest BCUT2D eigenvalue weighted by atomic mass is 9.97. The number of benzene rings is 4. The molecule has 5 N–H and O–H groups in total. The molecule has 2 aromatic heterocycles. The van der Waals surface area contributed by atoms with E-state index in [0.717, 1.165) is 119 Å². The second kappa shape index (κ2) is 26.1. The smallest absolute Gasteiger partial charge is 0.390 e. The van der Waals surface area contributed by atoms with Crippen LogP contribution >= 0.6 is 0 Å². The predicted octanol–water partition coefficient (Wildman–Crippen LogP) is 9.34. The van der Waals surface area contributed by atoms with E-state index >= 15 is 0 Å². The van der Waals surface area contributed by atoms with E-state index in [2.05, 4.69) is 50.2 Å². The molecule has 3 aliphatic heterocycles. The number of methoxy groups -OCH3 is 3. The Bertz CT molecular complexity index is 2760. The Kier molecular flexibility index (Phi) is 20.0. The molecule has 9 rings (SSSR count). The molecule has 0 aliphatic carbocycles. The number of alkyl halides is 5. The molecule has 2 saturated heterocycles. The number of carboxylic acids is 1. The molecule has 0 saturated carbocycles. The van der Waals surface area contributed by atoms with Crippen LogP contribution in [0.2, 0.25) is 0 Å². The van der Waals surface area contributed by atoms with Crippen LogP contribution in [0.4, 0.5) is 27.6 Å². The van der Waals surface area contributed by atoms with Gasteiger partial charge in [0.05, 0.1) is 34.3 Å². The normalized spacial score (nSPS) is 16.5. The van der Waals surface area contributed by atoms with E-state index in [-0.39, 0.29) is 30.4 Å². The van der Waals surface area contributed by atoms with Gasteiger partial charge in [-0.05, 0) is 91.4 Å². The number of aromatic nitrogens is 2. The van der Waals surface area contributed by atoms with Crippen molar-refractivity contribution in [3.63, 3.8) is 0 Å². The van der Waals surface area contributed by atoms with Crippen molar-refractivity contribution in [1.82, 2.24) is 29.6 Å². The van der Waals surface area contributed by atoms with Crippen molar-refractivity contribution in [1.29, 1.82) is 0 Å². The van der Waals surface area contributed by atoms with Gasteiger partial charge in [0.1, 0.15) is 22.8 Å². The van der Waals surface area contributed by atoms with E-state index in [1.54, 1.807) is 26.4 Å². The van der Waals surface area contributed by atoms with E-state index in [0.29, 0.717) is 39.3 Å². The second-order valence-corrected chi connectivity index (χ2v) is 18.2. The van der Waals surface area contributed by atoms with E-state index in [4.69, 9.17) is 19.3 Å². The summed E-state index contributed by atoms with van der Waals surface area (Å²) >= 11 is 0. The maximum absolute atomic E-state index is 12.9. The number of para-hydroxylation sites is 1. The van der Waals surface area contributed by atoms with Gasteiger partial charge in [0.2, 0.25) is 0 Å². The summed E-state index contributed by atoms with van der Waals surface area (Å²) in [7, 11) is 5.72. The van der Waals surface area contributed by atoms with Crippen molar-refractivity contribution in [2.75, 3.05) is 99.2 Å². The molecule has 396 valence electrons. The van der Waals surface area contributed by atoms with Crippen LogP contribution in [-0.2, 0) is 19.5 Å². The van der Waals surface area contributed by atoms with Gasteiger partial charge in [-0.2, -0.15) is 13.2 Å². The first-order valence-electron chi connectivity index (χ1n) is 24.3. The molecule has 3 aliphatic rings. The first-order valence-corrected chi connectivity index (χ1v) is 24.3. The number of halogens is 5. The molecule has 5 heterocycles. The third kappa shape index (κ3) is 14.3. The number of aliphatic hydroxyl groups is 1. The zero-order chi connectivity index (χ0) is 52.8. The van der Waals surface area contributed by atoms with E-state index < -0.39 is 25.0 Å².